The molecule has 0 saturated heterocycles. The Morgan fingerprint density at radius 3 is 2.95 bits per heavy atom. The van der Waals surface area contributed by atoms with Crippen molar-refractivity contribution in [2.45, 2.75) is 6.92 Å². The van der Waals surface area contributed by atoms with Gasteiger partial charge in [0.25, 0.3) is 5.69 Å². The summed E-state index contributed by atoms with van der Waals surface area (Å²) in [6, 6.07) is 4.52. The van der Waals surface area contributed by atoms with E-state index in [0.717, 1.165) is 5.56 Å². The van der Waals surface area contributed by atoms with Gasteiger partial charge in [-0.25, -0.2) is 0 Å². The van der Waals surface area contributed by atoms with Crippen LogP contribution in [0.4, 0.5) is 5.69 Å². The van der Waals surface area contributed by atoms with Crippen LogP contribution in [0.2, 0.25) is 0 Å². The molecule has 0 unspecified atom stereocenters. The summed E-state index contributed by atoms with van der Waals surface area (Å²) >= 11 is 1.28. The normalized spacial score (nSPS) is 14.7. The topological polar surface area (TPSA) is 107 Å². The van der Waals surface area contributed by atoms with Gasteiger partial charge in [-0.2, -0.15) is 5.10 Å². The van der Waals surface area contributed by atoms with E-state index in [0.29, 0.717) is 27.6 Å². The number of hydrazone groups is 1. The van der Waals surface area contributed by atoms with E-state index in [-0.39, 0.29) is 5.69 Å². The molecule has 3 rings (SSSR count). The number of hydrogen-bond acceptors (Lipinski definition) is 7. The molecule has 1 aliphatic rings. The second kappa shape index (κ2) is 4.57. The van der Waals surface area contributed by atoms with E-state index in [1.807, 2.05) is 6.92 Å². The second-order valence-electron chi connectivity index (χ2n) is 4.20. The van der Waals surface area contributed by atoms with Gasteiger partial charge in [0.1, 0.15) is 11.3 Å². The fraction of sp³-hybridized carbons (Fsp3) is 0.0833. The number of nitrogens with zero attached hydrogens (tertiary/aromatic N) is 2. The lowest BCUT2D eigenvalue weighted by molar-refractivity contribution is -0.384. The number of nitrogens with two attached hydrogens (primary N) is 1. The van der Waals surface area contributed by atoms with Gasteiger partial charge < -0.3 is 10.2 Å². The molecule has 0 saturated carbocycles. The SMILES string of the molecule is Cc1c(C2=CSC(N)=NN2)oc2ccc([N+](=O)[O-])cc12. The number of amidine groups is 1. The fourth-order valence-corrected chi connectivity index (χ4v) is 2.47. The van der Waals surface area contributed by atoms with Crippen LogP contribution in [0, 0.1) is 17.0 Å². The molecule has 20 heavy (non-hydrogen) atoms. The van der Waals surface area contributed by atoms with Gasteiger partial charge in [-0.15, -0.1) is 0 Å². The van der Waals surface area contributed by atoms with Gasteiger partial charge in [0.2, 0.25) is 0 Å². The third-order valence-electron chi connectivity index (χ3n) is 2.96. The average molecular weight is 290 g/mol. The van der Waals surface area contributed by atoms with Crippen molar-refractivity contribution in [3.8, 4) is 0 Å². The van der Waals surface area contributed by atoms with E-state index in [4.69, 9.17) is 10.2 Å². The molecule has 0 spiro atoms. The van der Waals surface area contributed by atoms with Crippen LogP contribution in [0.3, 0.4) is 0 Å². The highest BCUT2D eigenvalue weighted by molar-refractivity contribution is 8.16. The van der Waals surface area contributed by atoms with Gasteiger partial charge in [-0.05, 0) is 13.0 Å². The zero-order chi connectivity index (χ0) is 14.3. The monoisotopic (exact) mass is 290 g/mol. The maximum absolute atomic E-state index is 10.8. The van der Waals surface area contributed by atoms with Crippen LogP contribution >= 0.6 is 11.8 Å². The molecule has 0 amide bonds. The molecule has 0 bridgehead atoms. The zero-order valence-corrected chi connectivity index (χ0v) is 11.2. The van der Waals surface area contributed by atoms with E-state index >= 15 is 0 Å². The standard InChI is InChI=1S/C12H10N4O3S/c1-6-8-4-7(16(17)18)2-3-10(8)19-11(6)9-5-20-12(13)15-14-9/h2-5,14H,1H3,(H2,13,15). The van der Waals surface area contributed by atoms with Gasteiger partial charge in [0.05, 0.1) is 4.92 Å². The van der Waals surface area contributed by atoms with Gasteiger partial charge in [0, 0.05) is 28.5 Å². The molecule has 0 aliphatic carbocycles. The minimum absolute atomic E-state index is 0.0372. The summed E-state index contributed by atoms with van der Waals surface area (Å²) in [6.45, 7) is 1.85. The zero-order valence-electron chi connectivity index (χ0n) is 10.4. The Balaban J connectivity index is 2.10. The van der Waals surface area contributed by atoms with Gasteiger partial charge in [0.15, 0.2) is 10.9 Å². The maximum Gasteiger partial charge on any atom is 0.270 e. The molecule has 1 aromatic carbocycles. The first-order valence-electron chi connectivity index (χ1n) is 5.70. The van der Waals surface area contributed by atoms with Crippen molar-refractivity contribution < 1.29 is 9.34 Å². The van der Waals surface area contributed by atoms with E-state index in [1.165, 1.54) is 23.9 Å². The van der Waals surface area contributed by atoms with Crippen LogP contribution in [-0.2, 0) is 0 Å². The number of nitrogens with one attached hydrogen (secondary N) is 1. The molecule has 8 heteroatoms. The number of benzene rings is 1. The summed E-state index contributed by atoms with van der Waals surface area (Å²) in [4.78, 5) is 10.4. The first-order valence-corrected chi connectivity index (χ1v) is 6.58. The summed E-state index contributed by atoms with van der Waals surface area (Å²) in [6.07, 6.45) is 0. The first-order chi connectivity index (χ1) is 9.56. The van der Waals surface area contributed by atoms with Crippen LogP contribution in [0.1, 0.15) is 11.3 Å². The largest absolute Gasteiger partial charge is 0.454 e. The van der Waals surface area contributed by atoms with E-state index in [9.17, 15) is 10.1 Å². The van der Waals surface area contributed by atoms with Crippen LogP contribution < -0.4 is 11.2 Å². The highest BCUT2D eigenvalue weighted by Crippen LogP contribution is 2.33. The maximum atomic E-state index is 10.8. The number of aryl methyl sites for hydroxylation is 1. The van der Waals surface area contributed by atoms with Crippen LogP contribution in [0.25, 0.3) is 16.7 Å². The lowest BCUT2D eigenvalue weighted by Crippen LogP contribution is -2.17. The molecule has 2 heterocycles. The Labute approximate surface area is 117 Å². The van der Waals surface area contributed by atoms with Crippen molar-refractivity contribution in [2.75, 3.05) is 0 Å². The molecule has 0 fully saturated rings. The smallest absolute Gasteiger partial charge is 0.270 e. The Morgan fingerprint density at radius 2 is 2.30 bits per heavy atom. The number of nitro groups is 1. The summed E-state index contributed by atoms with van der Waals surface area (Å²) in [5, 5.41) is 17.7. The predicted octanol–water partition coefficient (Wildman–Crippen LogP) is 2.51. The van der Waals surface area contributed by atoms with Crippen molar-refractivity contribution >= 4 is 39.3 Å². The summed E-state index contributed by atoms with van der Waals surface area (Å²) in [5.41, 5.74) is 10.5. The number of nitro benzene ring substituents is 1. The lowest BCUT2D eigenvalue weighted by Gasteiger charge is -2.09. The van der Waals surface area contributed by atoms with Crippen molar-refractivity contribution in [3.63, 3.8) is 0 Å². The minimum atomic E-state index is -0.426. The van der Waals surface area contributed by atoms with E-state index in [2.05, 4.69) is 10.5 Å². The summed E-state index contributed by atoms with van der Waals surface area (Å²) < 4.78 is 5.73. The van der Waals surface area contributed by atoms with Gasteiger partial charge in [-0.1, -0.05) is 11.8 Å². The van der Waals surface area contributed by atoms with Crippen molar-refractivity contribution in [1.82, 2.24) is 5.43 Å². The molecule has 1 aliphatic heterocycles. The molecular formula is C12H10N4O3S. The Kier molecular flexibility index (Phi) is 2.87. The van der Waals surface area contributed by atoms with Crippen molar-refractivity contribution in [2.24, 2.45) is 10.8 Å². The number of fused-ring (bicyclic) bond motifs is 1. The molecule has 1 aromatic heterocycles. The molecule has 2 aromatic rings. The molecule has 3 N–H and O–H groups in total. The summed E-state index contributed by atoms with van der Waals surface area (Å²) in [5.74, 6) is 0.601. The highest BCUT2D eigenvalue weighted by Gasteiger charge is 2.18. The summed E-state index contributed by atoms with van der Waals surface area (Å²) in [7, 11) is 0. The Bertz CT molecular complexity index is 778. The molecular weight excluding hydrogens is 280 g/mol. The van der Waals surface area contributed by atoms with Crippen LogP contribution in [-0.4, -0.2) is 10.1 Å². The number of hydrogen-bond donors (Lipinski definition) is 2. The lowest BCUT2D eigenvalue weighted by atomic mass is 10.1. The number of non-ortho nitro benzene ring substituents is 1. The Hall–Kier alpha value is -2.48. The third kappa shape index (κ3) is 1.99. The van der Waals surface area contributed by atoms with Gasteiger partial charge >= 0.3 is 0 Å². The quantitative estimate of drug-likeness (QED) is 0.650. The predicted molar refractivity (Wildman–Crippen MR) is 77.9 cm³/mol. The number of thioether (sulfide) groups is 1. The van der Waals surface area contributed by atoms with E-state index < -0.39 is 4.92 Å². The number of furan rings is 1. The highest BCUT2D eigenvalue weighted by atomic mass is 32.2. The molecule has 102 valence electrons. The Morgan fingerprint density at radius 1 is 1.50 bits per heavy atom. The molecule has 7 nitrogen and oxygen atoms in total. The minimum Gasteiger partial charge on any atom is -0.454 e. The molecule has 0 atom stereocenters. The van der Waals surface area contributed by atoms with Crippen LogP contribution in [0.5, 0.6) is 0 Å². The average Bonchev–Trinajstić information content (AvgIpc) is 2.76. The van der Waals surface area contributed by atoms with Crippen molar-refractivity contribution in [3.05, 3.63) is 45.0 Å². The third-order valence-corrected chi connectivity index (χ3v) is 3.65. The van der Waals surface area contributed by atoms with Crippen molar-refractivity contribution in [1.29, 1.82) is 0 Å². The van der Waals surface area contributed by atoms with Gasteiger partial charge in [-0.3, -0.25) is 15.5 Å². The number of rotatable bonds is 2. The first kappa shape index (κ1) is 12.5. The van der Waals surface area contributed by atoms with E-state index in [1.54, 1.807) is 11.5 Å². The van der Waals surface area contributed by atoms with Crippen LogP contribution in [0.15, 0.2) is 33.1 Å². The molecule has 0 radical (unpaired) electrons. The second-order valence-corrected chi connectivity index (χ2v) is 5.09. The fourth-order valence-electron chi connectivity index (χ4n) is 1.97.